The third-order valence-corrected chi connectivity index (χ3v) is 3.34. The number of carbonyl (C=O) groups is 1. The van der Waals surface area contributed by atoms with E-state index in [1.807, 2.05) is 24.3 Å². The summed E-state index contributed by atoms with van der Waals surface area (Å²) in [5, 5.41) is 2.89. The molecule has 0 fully saturated rings. The molecule has 1 N–H and O–H groups in total. The fourth-order valence-corrected chi connectivity index (χ4v) is 2.12. The molecule has 3 nitrogen and oxygen atoms in total. The Kier molecular flexibility index (Phi) is 5.15. The Hall–Kier alpha value is -2.36. The molecular formula is C18H20FNO2. The lowest BCUT2D eigenvalue weighted by molar-refractivity contribution is -0.122. The Balaban J connectivity index is 2.04. The summed E-state index contributed by atoms with van der Waals surface area (Å²) in [5.74, 6) is 0.193. The van der Waals surface area contributed by atoms with Crippen molar-refractivity contribution in [3.8, 4) is 5.75 Å². The monoisotopic (exact) mass is 301 g/mol. The van der Waals surface area contributed by atoms with E-state index in [2.05, 4.69) is 19.2 Å². The minimum Gasteiger partial charge on any atom is -0.481 e. The van der Waals surface area contributed by atoms with E-state index in [0.717, 1.165) is 11.3 Å². The van der Waals surface area contributed by atoms with Crippen LogP contribution in [0.5, 0.6) is 5.75 Å². The van der Waals surface area contributed by atoms with Crippen LogP contribution >= 0.6 is 0 Å². The van der Waals surface area contributed by atoms with Gasteiger partial charge in [0.2, 0.25) is 0 Å². The third-order valence-electron chi connectivity index (χ3n) is 3.34. The topological polar surface area (TPSA) is 38.3 Å². The molecule has 0 radical (unpaired) electrons. The van der Waals surface area contributed by atoms with Crippen LogP contribution in [0.4, 0.5) is 10.1 Å². The van der Waals surface area contributed by atoms with E-state index >= 15 is 0 Å². The first-order valence-corrected chi connectivity index (χ1v) is 7.29. The first-order valence-electron chi connectivity index (χ1n) is 7.29. The van der Waals surface area contributed by atoms with Crippen molar-refractivity contribution in [1.29, 1.82) is 0 Å². The van der Waals surface area contributed by atoms with Crippen molar-refractivity contribution >= 4 is 11.6 Å². The van der Waals surface area contributed by atoms with Gasteiger partial charge in [-0.25, -0.2) is 4.39 Å². The molecule has 0 aliphatic carbocycles. The predicted molar refractivity (Wildman–Crippen MR) is 85.7 cm³/mol. The molecule has 0 saturated heterocycles. The summed E-state index contributed by atoms with van der Waals surface area (Å²) in [6, 6.07) is 13.3. The van der Waals surface area contributed by atoms with Gasteiger partial charge >= 0.3 is 0 Å². The van der Waals surface area contributed by atoms with E-state index in [9.17, 15) is 9.18 Å². The van der Waals surface area contributed by atoms with Gasteiger partial charge in [0.05, 0.1) is 0 Å². The minimum absolute atomic E-state index is 0.238. The second kappa shape index (κ2) is 7.07. The molecule has 1 atom stereocenters. The van der Waals surface area contributed by atoms with Crippen LogP contribution in [0.2, 0.25) is 0 Å². The first kappa shape index (κ1) is 16.0. The Morgan fingerprint density at radius 1 is 1.05 bits per heavy atom. The molecule has 2 rings (SSSR count). The van der Waals surface area contributed by atoms with Crippen molar-refractivity contribution in [3.05, 3.63) is 59.9 Å². The standard InChI is InChI=1S/C18H20FNO2/c1-12(2)16-6-4-5-7-17(16)20-18(21)13(3)22-15-10-8-14(19)9-11-15/h4-13H,1-3H3,(H,20,21). The van der Waals surface area contributed by atoms with Crippen molar-refractivity contribution in [3.63, 3.8) is 0 Å². The molecular weight excluding hydrogens is 281 g/mol. The molecule has 0 aliphatic rings. The van der Waals surface area contributed by atoms with Gasteiger partial charge in [-0.2, -0.15) is 0 Å². The van der Waals surface area contributed by atoms with Crippen LogP contribution in [0.3, 0.4) is 0 Å². The highest BCUT2D eigenvalue weighted by molar-refractivity contribution is 5.94. The van der Waals surface area contributed by atoms with Crippen molar-refractivity contribution < 1.29 is 13.9 Å². The molecule has 2 aromatic rings. The quantitative estimate of drug-likeness (QED) is 0.891. The normalized spacial score (nSPS) is 12.0. The van der Waals surface area contributed by atoms with Gasteiger partial charge in [-0.1, -0.05) is 32.0 Å². The van der Waals surface area contributed by atoms with E-state index < -0.39 is 6.10 Å². The zero-order valence-corrected chi connectivity index (χ0v) is 13.0. The van der Waals surface area contributed by atoms with Crippen LogP contribution in [0.25, 0.3) is 0 Å². The molecule has 0 heterocycles. The molecule has 1 amide bonds. The second-order valence-electron chi connectivity index (χ2n) is 5.45. The second-order valence-corrected chi connectivity index (χ2v) is 5.45. The maximum atomic E-state index is 12.9. The Labute approximate surface area is 130 Å². The van der Waals surface area contributed by atoms with Crippen LogP contribution in [-0.2, 0) is 4.79 Å². The summed E-state index contributed by atoms with van der Waals surface area (Å²) in [6.45, 7) is 5.81. The lowest BCUT2D eigenvalue weighted by atomic mass is 10.0. The van der Waals surface area contributed by atoms with E-state index in [1.165, 1.54) is 24.3 Å². The number of hydrogen-bond donors (Lipinski definition) is 1. The smallest absolute Gasteiger partial charge is 0.265 e. The molecule has 0 bridgehead atoms. The van der Waals surface area contributed by atoms with Gasteiger partial charge in [-0.05, 0) is 48.7 Å². The summed E-state index contributed by atoms with van der Waals surface area (Å²) in [4.78, 5) is 12.2. The lowest BCUT2D eigenvalue weighted by Gasteiger charge is -2.17. The molecule has 4 heteroatoms. The van der Waals surface area contributed by atoms with Gasteiger partial charge < -0.3 is 10.1 Å². The third kappa shape index (κ3) is 4.07. The van der Waals surface area contributed by atoms with Gasteiger partial charge in [-0.3, -0.25) is 4.79 Å². The van der Waals surface area contributed by atoms with E-state index in [4.69, 9.17) is 4.74 Å². The number of ether oxygens (including phenoxy) is 1. The maximum Gasteiger partial charge on any atom is 0.265 e. The van der Waals surface area contributed by atoms with Crippen molar-refractivity contribution in [1.82, 2.24) is 0 Å². The highest BCUT2D eigenvalue weighted by atomic mass is 19.1. The Bertz CT molecular complexity index is 638. The van der Waals surface area contributed by atoms with E-state index in [0.29, 0.717) is 11.7 Å². The van der Waals surface area contributed by atoms with Crippen molar-refractivity contribution in [2.75, 3.05) is 5.32 Å². The molecule has 0 aliphatic heterocycles. The number of halogens is 1. The van der Waals surface area contributed by atoms with E-state index in [-0.39, 0.29) is 11.7 Å². The fourth-order valence-electron chi connectivity index (χ4n) is 2.12. The van der Waals surface area contributed by atoms with Crippen LogP contribution in [0.1, 0.15) is 32.3 Å². The van der Waals surface area contributed by atoms with Crippen LogP contribution < -0.4 is 10.1 Å². The van der Waals surface area contributed by atoms with Crippen molar-refractivity contribution in [2.24, 2.45) is 0 Å². The summed E-state index contributed by atoms with van der Waals surface area (Å²) < 4.78 is 18.4. The molecule has 0 aromatic heterocycles. The number of nitrogens with one attached hydrogen (secondary N) is 1. The van der Waals surface area contributed by atoms with E-state index in [1.54, 1.807) is 6.92 Å². The largest absolute Gasteiger partial charge is 0.481 e. The molecule has 2 aromatic carbocycles. The Morgan fingerprint density at radius 2 is 1.68 bits per heavy atom. The van der Waals surface area contributed by atoms with Crippen molar-refractivity contribution in [2.45, 2.75) is 32.8 Å². The Morgan fingerprint density at radius 3 is 2.32 bits per heavy atom. The summed E-state index contributed by atoms with van der Waals surface area (Å²) >= 11 is 0. The minimum atomic E-state index is -0.675. The number of para-hydroxylation sites is 1. The summed E-state index contributed by atoms with van der Waals surface area (Å²) in [6.07, 6.45) is -0.675. The lowest BCUT2D eigenvalue weighted by Crippen LogP contribution is -2.30. The molecule has 22 heavy (non-hydrogen) atoms. The molecule has 116 valence electrons. The van der Waals surface area contributed by atoms with Gasteiger partial charge in [0, 0.05) is 5.69 Å². The summed E-state index contributed by atoms with van der Waals surface area (Å²) in [7, 11) is 0. The zero-order chi connectivity index (χ0) is 16.1. The number of anilines is 1. The van der Waals surface area contributed by atoms with Gasteiger partial charge in [0.15, 0.2) is 6.10 Å². The SMILES string of the molecule is CC(Oc1ccc(F)cc1)C(=O)Nc1ccccc1C(C)C. The number of amides is 1. The molecule has 1 unspecified atom stereocenters. The molecule has 0 saturated carbocycles. The van der Waals surface area contributed by atoms with Gasteiger partial charge in [0.25, 0.3) is 5.91 Å². The zero-order valence-electron chi connectivity index (χ0n) is 13.0. The van der Waals surface area contributed by atoms with Crippen LogP contribution in [0.15, 0.2) is 48.5 Å². The van der Waals surface area contributed by atoms with Gasteiger partial charge in [-0.15, -0.1) is 0 Å². The fraction of sp³-hybridized carbons (Fsp3) is 0.278. The number of rotatable bonds is 5. The maximum absolute atomic E-state index is 12.9. The van der Waals surface area contributed by atoms with Gasteiger partial charge in [0.1, 0.15) is 11.6 Å². The highest BCUT2D eigenvalue weighted by Gasteiger charge is 2.17. The number of carbonyl (C=O) groups excluding carboxylic acids is 1. The summed E-state index contributed by atoms with van der Waals surface area (Å²) in [5.41, 5.74) is 1.86. The molecule has 0 spiro atoms. The first-order chi connectivity index (χ1) is 10.5. The number of benzene rings is 2. The van der Waals surface area contributed by atoms with Crippen LogP contribution in [0, 0.1) is 5.82 Å². The average Bonchev–Trinajstić information content (AvgIpc) is 2.49. The highest BCUT2D eigenvalue weighted by Crippen LogP contribution is 2.24. The average molecular weight is 301 g/mol. The predicted octanol–water partition coefficient (Wildman–Crippen LogP) is 4.36. The van der Waals surface area contributed by atoms with Crippen LogP contribution in [-0.4, -0.2) is 12.0 Å². The number of hydrogen-bond acceptors (Lipinski definition) is 2.